The molecular weight excluding hydrogens is 420 g/mol. The van der Waals surface area contributed by atoms with Gasteiger partial charge in [0.05, 0.1) is 24.3 Å². The first-order valence-corrected chi connectivity index (χ1v) is 10.4. The maximum absolute atomic E-state index is 12.3. The van der Waals surface area contributed by atoms with E-state index >= 15 is 0 Å². The molecule has 3 N–H and O–H groups in total. The number of nitrogens with zero attached hydrogens (tertiary/aromatic N) is 1. The molecule has 1 aliphatic heterocycles. The van der Waals surface area contributed by atoms with Crippen LogP contribution in [0.2, 0.25) is 0 Å². The van der Waals surface area contributed by atoms with Crippen LogP contribution in [0.5, 0.6) is 17.2 Å². The van der Waals surface area contributed by atoms with Crippen LogP contribution in [0.15, 0.2) is 46.3 Å². The van der Waals surface area contributed by atoms with Crippen LogP contribution in [0.4, 0.5) is 5.69 Å². The standard InChI is InChI=1S/C22H22N2O6S/c1-3-4-9-30-17-8-5-13(10-18(17)29-2)11-19-20(26)24-22(31-19)23-14-6-7-15(21(27)28)16(25)12-14/h5-8,10-12,25H,3-4,9H2,1-2H3,(H,27,28)(H,23,24,26)/b19-11-. The number of hydrogen-bond acceptors (Lipinski definition) is 7. The van der Waals surface area contributed by atoms with Crippen molar-refractivity contribution in [2.24, 2.45) is 4.99 Å². The lowest BCUT2D eigenvalue weighted by atomic mass is 10.2. The highest BCUT2D eigenvalue weighted by Crippen LogP contribution is 2.33. The fraction of sp³-hybridized carbons (Fsp3) is 0.227. The van der Waals surface area contributed by atoms with Crippen LogP contribution < -0.4 is 14.8 Å². The monoisotopic (exact) mass is 442 g/mol. The van der Waals surface area contributed by atoms with E-state index in [0.29, 0.717) is 33.9 Å². The van der Waals surface area contributed by atoms with Crippen molar-refractivity contribution in [1.29, 1.82) is 0 Å². The molecule has 0 bridgehead atoms. The van der Waals surface area contributed by atoms with Crippen LogP contribution in [-0.4, -0.2) is 41.0 Å². The molecule has 1 aliphatic rings. The Balaban J connectivity index is 1.77. The summed E-state index contributed by atoms with van der Waals surface area (Å²) in [5.41, 5.74) is 0.868. The van der Waals surface area contributed by atoms with E-state index in [2.05, 4.69) is 17.2 Å². The second-order valence-corrected chi connectivity index (χ2v) is 7.63. The minimum atomic E-state index is -1.23. The maximum atomic E-state index is 12.3. The summed E-state index contributed by atoms with van der Waals surface area (Å²) >= 11 is 1.14. The number of aromatic hydroxyl groups is 1. The van der Waals surface area contributed by atoms with E-state index in [1.807, 2.05) is 6.07 Å². The molecule has 9 heteroatoms. The Morgan fingerprint density at radius 3 is 2.71 bits per heavy atom. The third kappa shape index (κ3) is 5.58. The minimum absolute atomic E-state index is 0.219. The van der Waals surface area contributed by atoms with Crippen molar-refractivity contribution >= 4 is 40.6 Å². The Labute approximate surface area is 183 Å². The van der Waals surface area contributed by atoms with E-state index in [1.54, 1.807) is 25.3 Å². The molecule has 1 fully saturated rings. The van der Waals surface area contributed by atoms with Gasteiger partial charge in [-0.15, -0.1) is 0 Å². The molecular formula is C22H22N2O6S. The molecule has 8 nitrogen and oxygen atoms in total. The maximum Gasteiger partial charge on any atom is 0.339 e. The van der Waals surface area contributed by atoms with E-state index in [-0.39, 0.29) is 11.5 Å². The van der Waals surface area contributed by atoms with E-state index < -0.39 is 11.7 Å². The molecule has 0 spiro atoms. The summed E-state index contributed by atoms with van der Waals surface area (Å²) < 4.78 is 11.1. The number of aromatic carboxylic acids is 1. The zero-order chi connectivity index (χ0) is 22.4. The number of amides is 1. The lowest BCUT2D eigenvalue weighted by Crippen LogP contribution is -2.19. The molecule has 0 unspecified atom stereocenters. The summed E-state index contributed by atoms with van der Waals surface area (Å²) in [5.74, 6) is -0.710. The number of methoxy groups -OCH3 is 1. The van der Waals surface area contributed by atoms with Crippen molar-refractivity contribution < 1.29 is 29.3 Å². The number of unbranched alkanes of at least 4 members (excludes halogenated alkanes) is 1. The number of carbonyl (C=O) groups is 2. The molecule has 0 atom stereocenters. The molecule has 1 amide bonds. The third-order valence-electron chi connectivity index (χ3n) is 4.33. The van der Waals surface area contributed by atoms with Crippen LogP contribution in [0, 0.1) is 0 Å². The van der Waals surface area contributed by atoms with Crippen molar-refractivity contribution in [2.75, 3.05) is 13.7 Å². The first-order chi connectivity index (χ1) is 14.9. The highest BCUT2D eigenvalue weighted by Gasteiger charge is 2.24. The summed E-state index contributed by atoms with van der Waals surface area (Å²) in [7, 11) is 1.56. The first-order valence-electron chi connectivity index (χ1n) is 9.58. The largest absolute Gasteiger partial charge is 0.507 e. The van der Waals surface area contributed by atoms with Crippen LogP contribution in [0.3, 0.4) is 0 Å². The number of thioether (sulfide) groups is 1. The number of carboxylic acid groups (broad SMARTS) is 1. The smallest absolute Gasteiger partial charge is 0.339 e. The van der Waals surface area contributed by atoms with Gasteiger partial charge in [-0.3, -0.25) is 4.79 Å². The topological polar surface area (TPSA) is 117 Å². The van der Waals surface area contributed by atoms with Gasteiger partial charge in [-0.1, -0.05) is 19.4 Å². The number of ether oxygens (including phenoxy) is 2. The molecule has 0 aromatic heterocycles. The van der Waals surface area contributed by atoms with E-state index in [9.17, 15) is 14.7 Å². The van der Waals surface area contributed by atoms with Gasteiger partial charge in [-0.25, -0.2) is 9.79 Å². The SMILES string of the molecule is CCCCOc1ccc(/C=C2\SC(=Nc3ccc(C(=O)O)c(O)c3)NC2=O)cc1OC. The number of hydrogen-bond donors (Lipinski definition) is 3. The van der Waals surface area contributed by atoms with Gasteiger partial charge in [-0.2, -0.15) is 0 Å². The number of rotatable bonds is 8. The first kappa shape index (κ1) is 22.2. The van der Waals surface area contributed by atoms with Crippen molar-refractivity contribution in [1.82, 2.24) is 5.32 Å². The molecule has 162 valence electrons. The number of carboxylic acids is 1. The predicted octanol–water partition coefficient (Wildman–Crippen LogP) is 4.17. The summed E-state index contributed by atoms with van der Waals surface area (Å²) in [5, 5.41) is 21.8. The van der Waals surface area contributed by atoms with Crippen LogP contribution in [0.1, 0.15) is 35.7 Å². The normalized spacial score (nSPS) is 15.9. The van der Waals surface area contributed by atoms with Gasteiger partial charge in [0.15, 0.2) is 16.7 Å². The fourth-order valence-corrected chi connectivity index (χ4v) is 3.58. The van der Waals surface area contributed by atoms with Gasteiger partial charge in [0.1, 0.15) is 11.3 Å². The van der Waals surface area contributed by atoms with Crippen molar-refractivity contribution in [3.8, 4) is 17.2 Å². The van der Waals surface area contributed by atoms with Crippen molar-refractivity contribution in [2.45, 2.75) is 19.8 Å². The summed E-state index contributed by atoms with van der Waals surface area (Å²) in [4.78, 5) is 28.0. The zero-order valence-corrected chi connectivity index (χ0v) is 17.9. The van der Waals surface area contributed by atoms with Gasteiger partial charge >= 0.3 is 5.97 Å². The Kier molecular flexibility index (Phi) is 7.19. The molecule has 0 aliphatic carbocycles. The molecule has 1 saturated heterocycles. The van der Waals surface area contributed by atoms with Crippen LogP contribution in [-0.2, 0) is 4.79 Å². The Morgan fingerprint density at radius 2 is 2.03 bits per heavy atom. The number of carbonyl (C=O) groups excluding carboxylic acids is 1. The van der Waals surface area contributed by atoms with Gasteiger partial charge < -0.3 is 25.0 Å². The second-order valence-electron chi connectivity index (χ2n) is 6.60. The molecule has 3 rings (SSSR count). The number of phenols is 1. The molecule has 0 radical (unpaired) electrons. The lowest BCUT2D eigenvalue weighted by molar-refractivity contribution is -0.115. The summed E-state index contributed by atoms with van der Waals surface area (Å²) in [6, 6.07) is 9.37. The van der Waals surface area contributed by atoms with E-state index in [0.717, 1.165) is 30.2 Å². The lowest BCUT2D eigenvalue weighted by Gasteiger charge is -2.11. The van der Waals surface area contributed by atoms with Crippen LogP contribution >= 0.6 is 11.8 Å². The van der Waals surface area contributed by atoms with Crippen molar-refractivity contribution in [3.05, 3.63) is 52.4 Å². The molecule has 31 heavy (non-hydrogen) atoms. The number of benzene rings is 2. The van der Waals surface area contributed by atoms with Gasteiger partial charge in [0.25, 0.3) is 5.91 Å². The zero-order valence-electron chi connectivity index (χ0n) is 17.0. The quantitative estimate of drug-likeness (QED) is 0.415. The van der Waals surface area contributed by atoms with Gasteiger partial charge in [0, 0.05) is 6.07 Å². The second kappa shape index (κ2) is 10.0. The Hall–Kier alpha value is -3.46. The van der Waals surface area contributed by atoms with Gasteiger partial charge in [0.2, 0.25) is 0 Å². The Morgan fingerprint density at radius 1 is 1.23 bits per heavy atom. The van der Waals surface area contributed by atoms with E-state index in [1.165, 1.54) is 18.2 Å². The highest BCUT2D eigenvalue weighted by atomic mass is 32.2. The summed E-state index contributed by atoms with van der Waals surface area (Å²) in [6.07, 6.45) is 3.70. The van der Waals surface area contributed by atoms with Crippen molar-refractivity contribution in [3.63, 3.8) is 0 Å². The average Bonchev–Trinajstić information content (AvgIpc) is 3.07. The number of amidine groups is 1. The summed E-state index contributed by atoms with van der Waals surface area (Å²) in [6.45, 7) is 2.69. The predicted molar refractivity (Wildman–Crippen MR) is 119 cm³/mol. The molecule has 2 aromatic rings. The highest BCUT2D eigenvalue weighted by molar-refractivity contribution is 8.18. The third-order valence-corrected chi connectivity index (χ3v) is 5.24. The van der Waals surface area contributed by atoms with E-state index in [4.69, 9.17) is 14.6 Å². The number of aliphatic imine (C=N–C) groups is 1. The molecule has 1 heterocycles. The fourth-order valence-electron chi connectivity index (χ4n) is 2.74. The average molecular weight is 442 g/mol. The molecule has 0 saturated carbocycles. The number of nitrogens with one attached hydrogen (secondary N) is 1. The molecule has 2 aromatic carbocycles. The Bertz CT molecular complexity index is 1060. The minimum Gasteiger partial charge on any atom is -0.507 e. The van der Waals surface area contributed by atoms with Gasteiger partial charge in [-0.05, 0) is 54.1 Å². The van der Waals surface area contributed by atoms with Crippen LogP contribution in [0.25, 0.3) is 6.08 Å².